The van der Waals surface area contributed by atoms with Crippen LogP contribution in [0.5, 0.6) is 5.88 Å². The van der Waals surface area contributed by atoms with Crippen LogP contribution in [0, 0.1) is 5.41 Å². The number of anilines is 1. The Bertz CT molecular complexity index is 684. The molecular formula is C21H32N4O3. The zero-order valence-electron chi connectivity index (χ0n) is 17.1. The highest BCUT2D eigenvalue weighted by Gasteiger charge is 2.51. The van der Waals surface area contributed by atoms with Crippen LogP contribution in [0.4, 0.5) is 10.5 Å². The summed E-state index contributed by atoms with van der Waals surface area (Å²) in [5, 5.41) is 0. The maximum absolute atomic E-state index is 11.9. The summed E-state index contributed by atoms with van der Waals surface area (Å²) in [6.07, 6.45) is 5.33. The van der Waals surface area contributed by atoms with Gasteiger partial charge in [0, 0.05) is 56.9 Å². The first-order chi connectivity index (χ1) is 13.6. The highest BCUT2D eigenvalue weighted by Crippen LogP contribution is 2.47. The number of rotatable bonds is 5. The van der Waals surface area contributed by atoms with E-state index in [9.17, 15) is 4.79 Å². The minimum absolute atomic E-state index is 0.147. The molecule has 7 heteroatoms. The predicted molar refractivity (Wildman–Crippen MR) is 108 cm³/mol. The fraction of sp³-hybridized carbons (Fsp3) is 0.714. The molecule has 1 aromatic heterocycles. The first kappa shape index (κ1) is 19.3. The molecule has 2 saturated heterocycles. The number of pyridine rings is 1. The molecule has 2 aliphatic heterocycles. The number of likely N-dealkylation sites (tertiary alicyclic amines) is 1. The van der Waals surface area contributed by atoms with Crippen LogP contribution in [0.1, 0.15) is 33.1 Å². The first-order valence-electron chi connectivity index (χ1n) is 10.6. The van der Waals surface area contributed by atoms with Crippen molar-refractivity contribution >= 4 is 11.8 Å². The molecule has 4 rings (SSSR count). The molecule has 0 aromatic carbocycles. The van der Waals surface area contributed by atoms with Crippen molar-refractivity contribution in [1.29, 1.82) is 0 Å². The fourth-order valence-corrected chi connectivity index (χ4v) is 5.08. The first-order valence-corrected chi connectivity index (χ1v) is 10.6. The van der Waals surface area contributed by atoms with E-state index in [1.54, 1.807) is 6.20 Å². The maximum Gasteiger partial charge on any atom is 0.409 e. The molecule has 3 heterocycles. The van der Waals surface area contributed by atoms with E-state index in [1.165, 1.54) is 19.3 Å². The van der Waals surface area contributed by atoms with Gasteiger partial charge in [-0.25, -0.2) is 9.78 Å². The molecule has 0 bridgehead atoms. The van der Waals surface area contributed by atoms with Crippen molar-refractivity contribution in [3.8, 4) is 5.88 Å². The highest BCUT2D eigenvalue weighted by atomic mass is 16.6. The molecular weight excluding hydrogens is 356 g/mol. The largest absolute Gasteiger partial charge is 0.476 e. The highest BCUT2D eigenvalue weighted by molar-refractivity contribution is 5.69. The number of aromatic nitrogens is 1. The van der Waals surface area contributed by atoms with E-state index in [1.807, 2.05) is 24.8 Å². The molecule has 3 aliphatic rings. The summed E-state index contributed by atoms with van der Waals surface area (Å²) in [7, 11) is 0. The average molecular weight is 389 g/mol. The van der Waals surface area contributed by atoms with Gasteiger partial charge in [-0.15, -0.1) is 0 Å². The van der Waals surface area contributed by atoms with E-state index in [0.717, 1.165) is 50.8 Å². The molecule has 1 spiro atoms. The zero-order chi connectivity index (χ0) is 19.6. The van der Waals surface area contributed by atoms with Crippen LogP contribution in [0.2, 0.25) is 0 Å². The standard InChI is InChI=1S/C21H32N4O3/c1-3-27-19-18(6-5-9-22-19)24-12-10-23(11-13-24)17-7-8-21(14-17)15-25(16-21)20(26)28-4-2/h5-6,9,17H,3-4,7-8,10-16H2,1-2H3. The molecule has 0 radical (unpaired) electrons. The number of carbonyl (C=O) groups is 1. The quantitative estimate of drug-likeness (QED) is 0.773. The Kier molecular flexibility index (Phi) is 5.62. The van der Waals surface area contributed by atoms with Crippen LogP contribution in [0.25, 0.3) is 0 Å². The van der Waals surface area contributed by atoms with Gasteiger partial charge in [0.05, 0.1) is 18.9 Å². The topological polar surface area (TPSA) is 58.1 Å². The molecule has 28 heavy (non-hydrogen) atoms. The minimum atomic E-state index is -0.147. The van der Waals surface area contributed by atoms with Crippen LogP contribution >= 0.6 is 0 Å². The van der Waals surface area contributed by atoms with Gasteiger partial charge < -0.3 is 19.3 Å². The molecule has 0 N–H and O–H groups in total. The van der Waals surface area contributed by atoms with Gasteiger partial charge in [-0.1, -0.05) is 0 Å². The van der Waals surface area contributed by atoms with Gasteiger partial charge in [-0.3, -0.25) is 4.90 Å². The summed E-state index contributed by atoms with van der Waals surface area (Å²) in [4.78, 5) is 23.2. The minimum Gasteiger partial charge on any atom is -0.476 e. The number of hydrogen-bond donors (Lipinski definition) is 0. The monoisotopic (exact) mass is 388 g/mol. The third kappa shape index (κ3) is 3.77. The lowest BCUT2D eigenvalue weighted by molar-refractivity contribution is -0.00294. The van der Waals surface area contributed by atoms with Gasteiger partial charge >= 0.3 is 6.09 Å². The van der Waals surface area contributed by atoms with E-state index in [0.29, 0.717) is 24.7 Å². The second kappa shape index (κ2) is 8.15. The van der Waals surface area contributed by atoms with Crippen molar-refractivity contribution in [2.24, 2.45) is 5.41 Å². The van der Waals surface area contributed by atoms with Crippen LogP contribution in [-0.2, 0) is 4.74 Å². The average Bonchev–Trinajstić information content (AvgIpc) is 3.14. The van der Waals surface area contributed by atoms with E-state index < -0.39 is 0 Å². The summed E-state index contributed by atoms with van der Waals surface area (Å²) in [5.41, 5.74) is 1.44. The fourth-order valence-electron chi connectivity index (χ4n) is 5.08. The van der Waals surface area contributed by atoms with Crippen molar-refractivity contribution in [2.45, 2.75) is 39.2 Å². The van der Waals surface area contributed by atoms with Crippen molar-refractivity contribution in [3.05, 3.63) is 18.3 Å². The molecule has 1 aromatic rings. The van der Waals surface area contributed by atoms with E-state index in [-0.39, 0.29) is 6.09 Å². The zero-order valence-corrected chi connectivity index (χ0v) is 17.1. The number of piperazine rings is 1. The van der Waals surface area contributed by atoms with Crippen molar-refractivity contribution in [1.82, 2.24) is 14.8 Å². The third-order valence-corrected chi connectivity index (χ3v) is 6.46. The lowest BCUT2D eigenvalue weighted by Crippen LogP contribution is -2.58. The van der Waals surface area contributed by atoms with Crippen LogP contribution in [0.3, 0.4) is 0 Å². The van der Waals surface area contributed by atoms with Gasteiger partial charge in [0.25, 0.3) is 0 Å². The van der Waals surface area contributed by atoms with E-state index in [2.05, 4.69) is 20.9 Å². The summed E-state index contributed by atoms with van der Waals surface area (Å²) in [6.45, 7) is 10.8. The number of nitrogens with zero attached hydrogens (tertiary/aromatic N) is 4. The van der Waals surface area contributed by atoms with Crippen LogP contribution < -0.4 is 9.64 Å². The van der Waals surface area contributed by atoms with Crippen molar-refractivity contribution in [2.75, 3.05) is 57.4 Å². The van der Waals surface area contributed by atoms with Gasteiger partial charge in [-0.2, -0.15) is 0 Å². The van der Waals surface area contributed by atoms with Gasteiger partial charge in [0.15, 0.2) is 0 Å². The number of ether oxygens (including phenoxy) is 2. The summed E-state index contributed by atoms with van der Waals surface area (Å²) in [6, 6.07) is 4.74. The Balaban J connectivity index is 1.28. The molecule has 3 fully saturated rings. The van der Waals surface area contributed by atoms with Gasteiger partial charge in [-0.05, 0) is 45.2 Å². The smallest absolute Gasteiger partial charge is 0.409 e. The lowest BCUT2D eigenvalue weighted by Gasteiger charge is -2.48. The second-order valence-electron chi connectivity index (χ2n) is 8.24. The summed E-state index contributed by atoms with van der Waals surface area (Å²) < 4.78 is 10.8. The molecule has 1 aliphatic carbocycles. The number of carbonyl (C=O) groups excluding carboxylic acids is 1. The summed E-state index contributed by atoms with van der Waals surface area (Å²) >= 11 is 0. The SMILES string of the molecule is CCOC(=O)N1CC2(CCC(N3CCN(c4cccnc4OCC)CC3)C2)C1. The Morgan fingerprint density at radius 2 is 2.00 bits per heavy atom. The summed E-state index contributed by atoms with van der Waals surface area (Å²) in [5.74, 6) is 0.742. The molecule has 1 amide bonds. The van der Waals surface area contributed by atoms with Crippen LogP contribution in [0.15, 0.2) is 18.3 Å². The van der Waals surface area contributed by atoms with E-state index in [4.69, 9.17) is 9.47 Å². The normalized spacial score (nSPS) is 24.3. The van der Waals surface area contributed by atoms with Crippen molar-refractivity contribution < 1.29 is 14.3 Å². The Morgan fingerprint density at radius 3 is 2.71 bits per heavy atom. The van der Waals surface area contributed by atoms with Gasteiger partial charge in [0.2, 0.25) is 5.88 Å². The maximum atomic E-state index is 11.9. The second-order valence-corrected chi connectivity index (χ2v) is 8.24. The van der Waals surface area contributed by atoms with Gasteiger partial charge in [0.1, 0.15) is 0 Å². The Labute approximate surface area is 167 Å². The van der Waals surface area contributed by atoms with Crippen molar-refractivity contribution in [3.63, 3.8) is 0 Å². The Morgan fingerprint density at radius 1 is 1.21 bits per heavy atom. The number of hydrogen-bond acceptors (Lipinski definition) is 6. The third-order valence-electron chi connectivity index (χ3n) is 6.46. The molecule has 154 valence electrons. The molecule has 1 atom stereocenters. The molecule has 1 unspecified atom stereocenters. The Hall–Kier alpha value is -2.02. The molecule has 7 nitrogen and oxygen atoms in total. The lowest BCUT2D eigenvalue weighted by atomic mass is 9.78. The molecule has 1 saturated carbocycles. The predicted octanol–water partition coefficient (Wildman–Crippen LogP) is 2.61. The number of amides is 1. The van der Waals surface area contributed by atoms with E-state index >= 15 is 0 Å². The van der Waals surface area contributed by atoms with Crippen LogP contribution in [-0.4, -0.2) is 79.4 Å².